The smallest absolute Gasteiger partial charge is 0.142 e. The van der Waals surface area contributed by atoms with E-state index in [-0.39, 0.29) is 0 Å². The molecule has 1 rings (SSSR count). The fraction of sp³-hybridized carbons (Fsp3) is 0.385. The quantitative estimate of drug-likeness (QED) is 0.466. The van der Waals surface area contributed by atoms with E-state index in [2.05, 4.69) is 16.9 Å². The minimum absolute atomic E-state index is 0.460. The number of benzene rings is 1. The zero-order valence-electron chi connectivity index (χ0n) is 10.9. The molecule has 0 saturated heterocycles. The summed E-state index contributed by atoms with van der Waals surface area (Å²) in [5.41, 5.74) is 2.20. The molecule has 0 aliphatic heterocycles. The molecule has 0 heterocycles. The molecule has 0 spiro atoms. The van der Waals surface area contributed by atoms with Gasteiger partial charge >= 0.3 is 0 Å². The molecule has 0 saturated carbocycles. The molecule has 3 nitrogen and oxygen atoms in total. The zero-order valence-corrected chi connectivity index (χ0v) is 11.8. The summed E-state index contributed by atoms with van der Waals surface area (Å²) in [5, 5.41) is 4.37. The second kappa shape index (κ2) is 9.90. The average Bonchev–Trinajstić information content (AvgIpc) is 2.41. The molecule has 0 unspecified atom stereocenters. The third kappa shape index (κ3) is 5.54. The fourth-order valence-electron chi connectivity index (χ4n) is 1.20. The topological polar surface area (TPSA) is 34.0 Å². The lowest BCUT2D eigenvalue weighted by Gasteiger charge is -2.04. The van der Waals surface area contributed by atoms with Crippen LogP contribution in [0.15, 0.2) is 34.4 Å². The van der Waals surface area contributed by atoms with Gasteiger partial charge in [-0.25, -0.2) is 0 Å². The molecule has 0 aromatic heterocycles. The van der Waals surface area contributed by atoms with Gasteiger partial charge in [-0.3, -0.25) is 4.99 Å². The van der Waals surface area contributed by atoms with Crippen molar-refractivity contribution in [3.8, 4) is 0 Å². The van der Waals surface area contributed by atoms with Gasteiger partial charge in [0.25, 0.3) is 0 Å². The Morgan fingerprint density at radius 3 is 2.29 bits per heavy atom. The Morgan fingerprint density at radius 2 is 1.88 bits per heavy atom. The van der Waals surface area contributed by atoms with Gasteiger partial charge in [-0.1, -0.05) is 38.1 Å². The summed E-state index contributed by atoms with van der Waals surface area (Å²) in [5.74, 6) is 0. The molecule has 0 fully saturated rings. The minimum Gasteiger partial charge on any atom is -0.391 e. The van der Waals surface area contributed by atoms with Crippen LogP contribution in [0, 0.1) is 0 Å². The monoisotopic (exact) mass is 252 g/mol. The second-order valence-electron chi connectivity index (χ2n) is 2.83. The molecule has 17 heavy (non-hydrogen) atoms. The van der Waals surface area contributed by atoms with Crippen LogP contribution in [-0.2, 0) is 11.4 Å². The van der Waals surface area contributed by atoms with Crippen LogP contribution in [0.5, 0.6) is 0 Å². The highest BCUT2D eigenvalue weighted by Crippen LogP contribution is 2.12. The van der Waals surface area contributed by atoms with Crippen LogP contribution < -0.4 is 0 Å². The van der Waals surface area contributed by atoms with Crippen LogP contribution in [0.1, 0.15) is 25.0 Å². The predicted molar refractivity (Wildman–Crippen MR) is 78.1 cm³/mol. The standard InChI is InChI=1S/C11H14N2OS.C2H6/c1-12-11(15-3)10-6-4-9(5-7-10)8-14-13-2;1-2/h4-7H,2,8H2,1,3H3;1-2H3. The second-order valence-corrected chi connectivity index (χ2v) is 3.63. The van der Waals surface area contributed by atoms with E-state index >= 15 is 0 Å². The Morgan fingerprint density at radius 1 is 1.29 bits per heavy atom. The van der Waals surface area contributed by atoms with E-state index < -0.39 is 0 Å². The van der Waals surface area contributed by atoms with Crippen LogP contribution in [0.2, 0.25) is 0 Å². The molecule has 0 aliphatic carbocycles. The maximum atomic E-state index is 4.85. The molecule has 1 aromatic carbocycles. The number of oxime groups is 1. The first-order valence-corrected chi connectivity index (χ1v) is 6.72. The summed E-state index contributed by atoms with van der Waals surface area (Å²) in [6.45, 7) is 7.71. The lowest BCUT2D eigenvalue weighted by Crippen LogP contribution is -1.95. The molecule has 0 radical (unpaired) electrons. The first-order valence-electron chi connectivity index (χ1n) is 5.50. The molecule has 0 N–H and O–H groups in total. The molecule has 0 aliphatic rings. The Labute approximate surface area is 108 Å². The van der Waals surface area contributed by atoms with E-state index in [1.165, 1.54) is 0 Å². The van der Waals surface area contributed by atoms with E-state index in [0.29, 0.717) is 6.61 Å². The fourth-order valence-corrected chi connectivity index (χ4v) is 1.76. The largest absolute Gasteiger partial charge is 0.391 e. The Hall–Kier alpha value is -1.29. The van der Waals surface area contributed by atoms with Crippen molar-refractivity contribution >= 4 is 23.5 Å². The lowest BCUT2D eigenvalue weighted by atomic mass is 10.1. The first kappa shape index (κ1) is 15.7. The molecule has 94 valence electrons. The SMILES string of the molecule is C=NOCc1ccc(C(=NC)SC)cc1.CC. The van der Waals surface area contributed by atoms with E-state index in [1.807, 2.05) is 44.4 Å². The van der Waals surface area contributed by atoms with Crippen molar-refractivity contribution < 1.29 is 4.84 Å². The maximum absolute atomic E-state index is 4.85. The lowest BCUT2D eigenvalue weighted by molar-refractivity contribution is 0.133. The first-order chi connectivity index (χ1) is 8.31. The summed E-state index contributed by atoms with van der Waals surface area (Å²) in [6, 6.07) is 8.06. The highest BCUT2D eigenvalue weighted by atomic mass is 32.2. The van der Waals surface area contributed by atoms with Gasteiger partial charge in [0.15, 0.2) is 0 Å². The van der Waals surface area contributed by atoms with Gasteiger partial charge in [0, 0.05) is 19.3 Å². The van der Waals surface area contributed by atoms with E-state index in [1.54, 1.807) is 18.8 Å². The Balaban J connectivity index is 0.00000121. The summed E-state index contributed by atoms with van der Waals surface area (Å²) < 4.78 is 0. The molecule has 4 heteroatoms. The molecular weight excluding hydrogens is 232 g/mol. The molecule has 0 bridgehead atoms. The van der Waals surface area contributed by atoms with Crippen LogP contribution in [-0.4, -0.2) is 25.1 Å². The van der Waals surface area contributed by atoms with Crippen LogP contribution >= 0.6 is 11.8 Å². The van der Waals surface area contributed by atoms with Crippen molar-refractivity contribution in [3.05, 3.63) is 35.4 Å². The molecule has 1 aromatic rings. The van der Waals surface area contributed by atoms with Gasteiger partial charge in [0.2, 0.25) is 0 Å². The van der Waals surface area contributed by atoms with Gasteiger partial charge in [0.05, 0.1) is 5.04 Å². The third-order valence-corrected chi connectivity index (χ3v) is 2.72. The number of hydrogen-bond acceptors (Lipinski definition) is 4. The number of aliphatic imine (C=N–C) groups is 1. The summed E-state index contributed by atoms with van der Waals surface area (Å²) in [4.78, 5) is 9.04. The Kier molecular flexibility index (Phi) is 9.15. The van der Waals surface area contributed by atoms with Gasteiger partial charge in [-0.15, -0.1) is 16.9 Å². The van der Waals surface area contributed by atoms with Gasteiger partial charge < -0.3 is 4.84 Å². The molecule has 0 atom stereocenters. The average molecular weight is 252 g/mol. The number of nitrogens with zero attached hydrogens (tertiary/aromatic N) is 2. The normalized spacial score (nSPS) is 10.2. The molecular formula is C13H20N2OS. The van der Waals surface area contributed by atoms with Crippen LogP contribution in [0.3, 0.4) is 0 Å². The van der Waals surface area contributed by atoms with Crippen LogP contribution in [0.25, 0.3) is 0 Å². The van der Waals surface area contributed by atoms with Gasteiger partial charge in [0.1, 0.15) is 6.61 Å². The zero-order chi connectivity index (χ0) is 13.1. The number of hydrogen-bond donors (Lipinski definition) is 0. The van der Waals surface area contributed by atoms with Crippen molar-refractivity contribution in [2.24, 2.45) is 10.1 Å². The van der Waals surface area contributed by atoms with E-state index in [4.69, 9.17) is 4.84 Å². The maximum Gasteiger partial charge on any atom is 0.142 e. The highest BCUT2D eigenvalue weighted by molar-refractivity contribution is 8.13. The number of rotatable bonds is 4. The molecule has 0 amide bonds. The summed E-state index contributed by atoms with van der Waals surface area (Å²) in [6.07, 6.45) is 2.01. The van der Waals surface area contributed by atoms with Crippen molar-refractivity contribution in [3.63, 3.8) is 0 Å². The highest BCUT2D eigenvalue weighted by Gasteiger charge is 2.00. The van der Waals surface area contributed by atoms with Crippen molar-refractivity contribution in [2.45, 2.75) is 20.5 Å². The predicted octanol–water partition coefficient (Wildman–Crippen LogP) is 3.58. The van der Waals surface area contributed by atoms with E-state index in [0.717, 1.165) is 16.2 Å². The van der Waals surface area contributed by atoms with Crippen molar-refractivity contribution in [1.29, 1.82) is 0 Å². The van der Waals surface area contributed by atoms with Gasteiger partial charge in [-0.05, 0) is 11.8 Å². The minimum atomic E-state index is 0.460. The van der Waals surface area contributed by atoms with Crippen LogP contribution in [0.4, 0.5) is 0 Å². The van der Waals surface area contributed by atoms with Crippen molar-refractivity contribution in [1.82, 2.24) is 0 Å². The summed E-state index contributed by atoms with van der Waals surface area (Å²) in [7, 11) is 1.80. The van der Waals surface area contributed by atoms with Crippen molar-refractivity contribution in [2.75, 3.05) is 13.3 Å². The van der Waals surface area contributed by atoms with E-state index in [9.17, 15) is 0 Å². The van der Waals surface area contributed by atoms with Gasteiger partial charge in [-0.2, -0.15) is 0 Å². The third-order valence-electron chi connectivity index (χ3n) is 1.92. The number of thioether (sulfide) groups is 1. The Bertz CT molecular complexity index is 347. The summed E-state index contributed by atoms with van der Waals surface area (Å²) >= 11 is 1.64.